The molecule has 0 fully saturated rings. The zero-order valence-electron chi connectivity index (χ0n) is 10.3. The number of carbonyl (C=O) groups is 1. The Kier molecular flexibility index (Phi) is 4.36. The third-order valence-corrected chi connectivity index (χ3v) is 2.84. The second-order valence-electron chi connectivity index (χ2n) is 4.25. The van der Waals surface area contributed by atoms with Gasteiger partial charge in [-0.25, -0.2) is 0 Å². The van der Waals surface area contributed by atoms with Gasteiger partial charge in [0.1, 0.15) is 12.4 Å². The fourth-order valence-electron chi connectivity index (χ4n) is 1.83. The van der Waals surface area contributed by atoms with Crippen molar-refractivity contribution in [1.82, 2.24) is 5.32 Å². The van der Waals surface area contributed by atoms with Crippen LogP contribution in [0.25, 0.3) is 6.08 Å². The largest absolute Gasteiger partial charge is 0.488 e. The quantitative estimate of drug-likeness (QED) is 0.770. The predicted molar refractivity (Wildman–Crippen MR) is 71.2 cm³/mol. The molecule has 0 saturated heterocycles. The molecule has 1 amide bonds. The van der Waals surface area contributed by atoms with Crippen molar-refractivity contribution in [2.75, 3.05) is 19.7 Å². The van der Waals surface area contributed by atoms with Gasteiger partial charge in [-0.2, -0.15) is 0 Å². The molecule has 1 aromatic carbocycles. The van der Waals surface area contributed by atoms with E-state index in [2.05, 4.69) is 5.32 Å². The topological polar surface area (TPSA) is 64.3 Å². The number of rotatable bonds is 5. The Morgan fingerprint density at radius 1 is 1.33 bits per heavy atom. The highest BCUT2D eigenvalue weighted by atomic mass is 16.5. The van der Waals surface area contributed by atoms with Crippen LogP contribution in [0.1, 0.15) is 18.4 Å². The number of amides is 1. The lowest BCUT2D eigenvalue weighted by Crippen LogP contribution is -2.29. The minimum Gasteiger partial charge on any atom is -0.488 e. The molecule has 1 aliphatic rings. The van der Waals surface area contributed by atoms with Crippen molar-refractivity contribution in [3.8, 4) is 5.75 Å². The number of nitrogens with two attached hydrogens (primary N) is 1. The van der Waals surface area contributed by atoms with E-state index in [4.69, 9.17) is 10.5 Å². The molecular formula is C14H18N2O2. The van der Waals surface area contributed by atoms with E-state index in [1.807, 2.05) is 30.3 Å². The summed E-state index contributed by atoms with van der Waals surface area (Å²) < 4.78 is 5.54. The van der Waals surface area contributed by atoms with Crippen LogP contribution in [-0.2, 0) is 4.79 Å². The van der Waals surface area contributed by atoms with Crippen LogP contribution in [0.2, 0.25) is 0 Å². The highest BCUT2D eigenvalue weighted by Gasteiger charge is 2.16. The minimum atomic E-state index is -0.0541. The summed E-state index contributed by atoms with van der Waals surface area (Å²) in [7, 11) is 0. The maximum absolute atomic E-state index is 11.9. The molecular weight excluding hydrogens is 228 g/mol. The molecule has 4 heteroatoms. The summed E-state index contributed by atoms with van der Waals surface area (Å²) in [4.78, 5) is 11.9. The monoisotopic (exact) mass is 246 g/mol. The Labute approximate surface area is 107 Å². The molecule has 0 saturated carbocycles. The molecule has 0 aromatic heterocycles. The van der Waals surface area contributed by atoms with Crippen LogP contribution in [0.15, 0.2) is 29.8 Å². The Morgan fingerprint density at radius 3 is 3.00 bits per heavy atom. The minimum absolute atomic E-state index is 0.0541. The third kappa shape index (κ3) is 3.11. The van der Waals surface area contributed by atoms with Gasteiger partial charge >= 0.3 is 0 Å². The Bertz CT molecular complexity index is 455. The maximum Gasteiger partial charge on any atom is 0.250 e. The van der Waals surface area contributed by atoms with Crippen LogP contribution in [-0.4, -0.2) is 25.6 Å². The van der Waals surface area contributed by atoms with E-state index < -0.39 is 0 Å². The van der Waals surface area contributed by atoms with Crippen LogP contribution in [0.3, 0.4) is 0 Å². The first kappa shape index (κ1) is 12.6. The molecule has 3 N–H and O–H groups in total. The molecule has 0 unspecified atom stereocenters. The fourth-order valence-corrected chi connectivity index (χ4v) is 1.83. The van der Waals surface area contributed by atoms with E-state index in [0.717, 1.165) is 24.2 Å². The molecule has 1 aromatic rings. The molecule has 4 nitrogen and oxygen atoms in total. The van der Waals surface area contributed by atoms with Crippen LogP contribution in [0, 0.1) is 0 Å². The van der Waals surface area contributed by atoms with Crippen molar-refractivity contribution >= 4 is 12.0 Å². The smallest absolute Gasteiger partial charge is 0.250 e. The van der Waals surface area contributed by atoms with Crippen molar-refractivity contribution in [3.63, 3.8) is 0 Å². The number of unbranched alkanes of at least 4 members (excludes halogenated alkanes) is 1. The molecule has 2 rings (SSSR count). The van der Waals surface area contributed by atoms with Crippen molar-refractivity contribution in [2.24, 2.45) is 5.73 Å². The van der Waals surface area contributed by atoms with E-state index in [0.29, 0.717) is 25.3 Å². The molecule has 1 heterocycles. The predicted octanol–water partition coefficient (Wildman–Crippen LogP) is 1.32. The number of benzene rings is 1. The van der Waals surface area contributed by atoms with Gasteiger partial charge in [0.2, 0.25) is 0 Å². The number of para-hydroxylation sites is 1. The lowest BCUT2D eigenvalue weighted by Gasteiger charge is -2.17. The molecule has 0 atom stereocenters. The molecule has 96 valence electrons. The Morgan fingerprint density at radius 2 is 2.17 bits per heavy atom. The highest BCUT2D eigenvalue weighted by molar-refractivity contribution is 5.99. The molecule has 0 bridgehead atoms. The number of fused-ring (bicyclic) bond motifs is 1. The summed E-state index contributed by atoms with van der Waals surface area (Å²) >= 11 is 0. The number of nitrogens with one attached hydrogen (secondary N) is 1. The van der Waals surface area contributed by atoms with Crippen LogP contribution in [0.4, 0.5) is 0 Å². The SMILES string of the molecule is NCCCCNC(=O)C1=Cc2ccccc2OC1. The van der Waals surface area contributed by atoms with Gasteiger partial charge < -0.3 is 15.8 Å². The molecule has 0 spiro atoms. The summed E-state index contributed by atoms with van der Waals surface area (Å²) in [5, 5.41) is 2.88. The Hall–Kier alpha value is -1.81. The Balaban J connectivity index is 1.94. The van der Waals surface area contributed by atoms with Crippen molar-refractivity contribution in [1.29, 1.82) is 0 Å². The van der Waals surface area contributed by atoms with Crippen molar-refractivity contribution in [3.05, 3.63) is 35.4 Å². The van der Waals surface area contributed by atoms with Crippen molar-refractivity contribution in [2.45, 2.75) is 12.8 Å². The summed E-state index contributed by atoms with van der Waals surface area (Å²) in [6, 6.07) is 7.70. The zero-order chi connectivity index (χ0) is 12.8. The van der Waals surface area contributed by atoms with E-state index >= 15 is 0 Å². The van der Waals surface area contributed by atoms with E-state index in [9.17, 15) is 4.79 Å². The zero-order valence-corrected chi connectivity index (χ0v) is 10.3. The van der Waals surface area contributed by atoms with Gasteiger partial charge in [0.25, 0.3) is 5.91 Å². The first-order valence-corrected chi connectivity index (χ1v) is 6.22. The summed E-state index contributed by atoms with van der Waals surface area (Å²) in [5.41, 5.74) is 7.02. The van der Waals surface area contributed by atoms with Crippen LogP contribution >= 0.6 is 0 Å². The standard InChI is InChI=1S/C14H18N2O2/c15-7-3-4-8-16-14(17)12-9-11-5-1-2-6-13(11)18-10-12/h1-2,5-6,9H,3-4,7-8,10,15H2,(H,16,17). The molecule has 0 radical (unpaired) electrons. The summed E-state index contributed by atoms with van der Waals surface area (Å²) in [5.74, 6) is 0.777. The fraction of sp³-hybridized carbons (Fsp3) is 0.357. The highest BCUT2D eigenvalue weighted by Crippen LogP contribution is 2.25. The van der Waals surface area contributed by atoms with Gasteiger partial charge in [0.15, 0.2) is 0 Å². The van der Waals surface area contributed by atoms with Crippen molar-refractivity contribution < 1.29 is 9.53 Å². The maximum atomic E-state index is 11.9. The molecule has 1 aliphatic heterocycles. The average Bonchev–Trinajstić information content (AvgIpc) is 2.43. The summed E-state index contributed by atoms with van der Waals surface area (Å²) in [6.45, 7) is 1.66. The van der Waals surface area contributed by atoms with Gasteiger partial charge in [0, 0.05) is 12.1 Å². The number of carbonyl (C=O) groups excluding carboxylic acids is 1. The first-order chi connectivity index (χ1) is 8.81. The van der Waals surface area contributed by atoms with E-state index in [-0.39, 0.29) is 5.91 Å². The number of hydrogen-bond acceptors (Lipinski definition) is 3. The summed E-state index contributed by atoms with van der Waals surface area (Å²) in [6.07, 6.45) is 3.72. The second kappa shape index (κ2) is 6.21. The van der Waals surface area contributed by atoms with E-state index in [1.165, 1.54) is 0 Å². The van der Waals surface area contributed by atoms with Crippen LogP contribution < -0.4 is 15.8 Å². The second-order valence-corrected chi connectivity index (χ2v) is 4.25. The average molecular weight is 246 g/mol. The third-order valence-electron chi connectivity index (χ3n) is 2.84. The lowest BCUT2D eigenvalue weighted by molar-refractivity contribution is -0.117. The van der Waals surface area contributed by atoms with Gasteiger partial charge in [-0.05, 0) is 31.5 Å². The number of ether oxygens (including phenoxy) is 1. The van der Waals surface area contributed by atoms with E-state index in [1.54, 1.807) is 0 Å². The lowest BCUT2D eigenvalue weighted by atomic mass is 10.1. The number of hydrogen-bond donors (Lipinski definition) is 2. The van der Waals surface area contributed by atoms with Gasteiger partial charge in [-0.15, -0.1) is 0 Å². The molecule has 18 heavy (non-hydrogen) atoms. The van der Waals surface area contributed by atoms with Gasteiger partial charge in [0.05, 0.1) is 5.57 Å². The van der Waals surface area contributed by atoms with Gasteiger partial charge in [-0.3, -0.25) is 4.79 Å². The molecule has 0 aliphatic carbocycles. The van der Waals surface area contributed by atoms with Gasteiger partial charge in [-0.1, -0.05) is 18.2 Å². The van der Waals surface area contributed by atoms with Crippen LogP contribution in [0.5, 0.6) is 5.75 Å². The normalized spacial score (nSPS) is 13.3. The first-order valence-electron chi connectivity index (χ1n) is 6.22.